The number of hydrogen-bond donors (Lipinski definition) is 1. The highest BCUT2D eigenvalue weighted by atomic mass is 16.6. The van der Waals surface area contributed by atoms with Crippen molar-refractivity contribution < 1.29 is 9.53 Å². The van der Waals surface area contributed by atoms with Crippen LogP contribution in [0.25, 0.3) is 10.4 Å². The molecular weight excluding hydrogens is 232 g/mol. The van der Waals surface area contributed by atoms with E-state index in [0.29, 0.717) is 12.5 Å². The highest BCUT2D eigenvalue weighted by Gasteiger charge is 2.24. The zero-order valence-electron chi connectivity index (χ0n) is 11.3. The van der Waals surface area contributed by atoms with Crippen molar-refractivity contribution in [1.29, 1.82) is 0 Å². The van der Waals surface area contributed by atoms with Crippen molar-refractivity contribution in [3.05, 3.63) is 10.4 Å². The quantitative estimate of drug-likeness (QED) is 0.475. The maximum atomic E-state index is 11.6. The first-order chi connectivity index (χ1) is 8.40. The second-order valence-corrected chi connectivity index (χ2v) is 5.78. The van der Waals surface area contributed by atoms with E-state index in [1.165, 1.54) is 0 Å². The molecule has 0 spiro atoms. The van der Waals surface area contributed by atoms with Crippen molar-refractivity contribution in [2.45, 2.75) is 58.1 Å². The number of amides is 1. The molecule has 1 N–H and O–H groups in total. The molecule has 1 fully saturated rings. The topological polar surface area (TPSA) is 87.1 Å². The fourth-order valence-electron chi connectivity index (χ4n) is 2.12. The van der Waals surface area contributed by atoms with Crippen LogP contribution in [0, 0.1) is 5.92 Å². The van der Waals surface area contributed by atoms with E-state index in [1.807, 2.05) is 20.8 Å². The van der Waals surface area contributed by atoms with Gasteiger partial charge in [0, 0.05) is 17.5 Å². The molecule has 1 rings (SSSR count). The van der Waals surface area contributed by atoms with Crippen molar-refractivity contribution in [2.75, 3.05) is 6.54 Å². The standard InChI is InChI=1S/C12H22N4O2/c1-12(2,3)18-11(17)15-10-6-4-9(5-7-10)8-14-16-13/h9-10H,4-8H2,1-3H3,(H,15,17). The lowest BCUT2D eigenvalue weighted by Crippen LogP contribution is -2.41. The molecule has 0 aliphatic heterocycles. The van der Waals surface area contributed by atoms with Crippen LogP contribution in [0.2, 0.25) is 0 Å². The molecule has 0 unspecified atom stereocenters. The Kier molecular flexibility index (Phi) is 5.28. The van der Waals surface area contributed by atoms with Crippen molar-refractivity contribution in [3.8, 4) is 0 Å². The smallest absolute Gasteiger partial charge is 0.407 e. The van der Waals surface area contributed by atoms with E-state index in [-0.39, 0.29) is 12.1 Å². The summed E-state index contributed by atoms with van der Waals surface area (Å²) in [5.41, 5.74) is 7.81. The van der Waals surface area contributed by atoms with Gasteiger partial charge < -0.3 is 10.1 Å². The summed E-state index contributed by atoms with van der Waals surface area (Å²) in [6.07, 6.45) is 3.47. The lowest BCUT2D eigenvalue weighted by atomic mass is 9.86. The third-order valence-electron chi connectivity index (χ3n) is 2.97. The van der Waals surface area contributed by atoms with Gasteiger partial charge in [-0.15, -0.1) is 0 Å². The molecule has 0 saturated heterocycles. The van der Waals surface area contributed by atoms with E-state index in [2.05, 4.69) is 15.3 Å². The molecule has 1 aliphatic carbocycles. The average molecular weight is 254 g/mol. The van der Waals surface area contributed by atoms with Crippen LogP contribution >= 0.6 is 0 Å². The molecule has 0 aromatic rings. The van der Waals surface area contributed by atoms with Gasteiger partial charge in [0.25, 0.3) is 0 Å². The first-order valence-corrected chi connectivity index (χ1v) is 6.41. The van der Waals surface area contributed by atoms with Crippen LogP contribution in [0.1, 0.15) is 46.5 Å². The third-order valence-corrected chi connectivity index (χ3v) is 2.97. The molecule has 0 atom stereocenters. The Balaban J connectivity index is 2.27. The minimum Gasteiger partial charge on any atom is -0.444 e. The summed E-state index contributed by atoms with van der Waals surface area (Å²) < 4.78 is 5.22. The normalized spacial score (nSPS) is 23.9. The molecule has 0 aromatic heterocycles. The summed E-state index contributed by atoms with van der Waals surface area (Å²) in [6.45, 7) is 6.12. The van der Waals surface area contributed by atoms with Crippen molar-refractivity contribution in [1.82, 2.24) is 5.32 Å². The van der Waals surface area contributed by atoms with E-state index < -0.39 is 5.60 Å². The fourth-order valence-corrected chi connectivity index (χ4v) is 2.12. The molecular formula is C12H22N4O2. The number of carbonyl (C=O) groups excluding carboxylic acids is 1. The molecule has 18 heavy (non-hydrogen) atoms. The molecule has 0 heterocycles. The van der Waals surface area contributed by atoms with Crippen LogP contribution in [0.4, 0.5) is 4.79 Å². The molecule has 0 bridgehead atoms. The van der Waals surface area contributed by atoms with E-state index in [9.17, 15) is 4.79 Å². The van der Waals surface area contributed by atoms with E-state index >= 15 is 0 Å². The van der Waals surface area contributed by atoms with Gasteiger partial charge in [-0.25, -0.2) is 4.79 Å². The Morgan fingerprint density at radius 2 is 2.00 bits per heavy atom. The van der Waals surface area contributed by atoms with Gasteiger partial charge in [-0.1, -0.05) is 5.11 Å². The van der Waals surface area contributed by atoms with Gasteiger partial charge in [-0.3, -0.25) is 0 Å². The number of nitrogens with one attached hydrogen (secondary N) is 1. The molecule has 0 radical (unpaired) electrons. The lowest BCUT2D eigenvalue weighted by molar-refractivity contribution is 0.0488. The van der Waals surface area contributed by atoms with Gasteiger partial charge >= 0.3 is 6.09 Å². The van der Waals surface area contributed by atoms with Crippen molar-refractivity contribution in [2.24, 2.45) is 11.0 Å². The summed E-state index contributed by atoms with van der Waals surface area (Å²) in [4.78, 5) is 14.4. The molecule has 0 aromatic carbocycles. The van der Waals surface area contributed by atoms with Crippen LogP contribution < -0.4 is 5.32 Å². The SMILES string of the molecule is CC(C)(C)OC(=O)NC1CCC(CN=[N+]=[N-])CC1. The number of hydrogen-bond acceptors (Lipinski definition) is 3. The zero-order valence-corrected chi connectivity index (χ0v) is 11.3. The van der Waals surface area contributed by atoms with Crippen LogP contribution in [-0.4, -0.2) is 24.3 Å². The van der Waals surface area contributed by atoms with E-state index in [1.54, 1.807) is 0 Å². The second kappa shape index (κ2) is 6.50. The first-order valence-electron chi connectivity index (χ1n) is 6.41. The van der Waals surface area contributed by atoms with E-state index in [4.69, 9.17) is 10.3 Å². The summed E-state index contributed by atoms with van der Waals surface area (Å²) in [5, 5.41) is 6.49. The van der Waals surface area contributed by atoms with Gasteiger partial charge in [0.2, 0.25) is 0 Å². The summed E-state index contributed by atoms with van der Waals surface area (Å²) in [5.74, 6) is 0.456. The highest BCUT2D eigenvalue weighted by molar-refractivity contribution is 5.68. The molecule has 1 aliphatic rings. The van der Waals surface area contributed by atoms with Crippen LogP contribution in [-0.2, 0) is 4.74 Å². The maximum absolute atomic E-state index is 11.6. The summed E-state index contributed by atoms with van der Waals surface area (Å²) >= 11 is 0. The third kappa shape index (κ3) is 5.77. The highest BCUT2D eigenvalue weighted by Crippen LogP contribution is 2.24. The van der Waals surface area contributed by atoms with Gasteiger partial charge in [0.1, 0.15) is 5.60 Å². The van der Waals surface area contributed by atoms with Crippen LogP contribution in [0.5, 0.6) is 0 Å². The zero-order chi connectivity index (χ0) is 13.6. The average Bonchev–Trinajstić information content (AvgIpc) is 2.25. The number of alkyl carbamates (subject to hydrolysis) is 1. The largest absolute Gasteiger partial charge is 0.444 e. The number of nitrogens with zero attached hydrogens (tertiary/aromatic N) is 3. The van der Waals surface area contributed by atoms with Gasteiger partial charge in [0.05, 0.1) is 0 Å². The Morgan fingerprint density at radius 3 is 2.50 bits per heavy atom. The maximum Gasteiger partial charge on any atom is 0.407 e. The Bertz CT molecular complexity index is 323. The van der Waals surface area contributed by atoms with Gasteiger partial charge in [-0.2, -0.15) is 0 Å². The number of ether oxygens (including phenoxy) is 1. The molecule has 1 saturated carbocycles. The second-order valence-electron chi connectivity index (χ2n) is 5.78. The lowest BCUT2D eigenvalue weighted by Gasteiger charge is -2.29. The predicted octanol–water partition coefficient (Wildman–Crippen LogP) is 3.38. The minimum absolute atomic E-state index is 0.183. The fraction of sp³-hybridized carbons (Fsp3) is 0.917. The number of rotatable bonds is 3. The van der Waals surface area contributed by atoms with Crippen molar-refractivity contribution in [3.63, 3.8) is 0 Å². The monoisotopic (exact) mass is 254 g/mol. The molecule has 6 heteroatoms. The van der Waals surface area contributed by atoms with E-state index in [0.717, 1.165) is 25.7 Å². The van der Waals surface area contributed by atoms with Gasteiger partial charge in [-0.05, 0) is 57.9 Å². The number of azide groups is 1. The Hall–Kier alpha value is -1.42. The molecule has 102 valence electrons. The minimum atomic E-state index is -0.456. The Labute approximate surface area is 108 Å². The van der Waals surface area contributed by atoms with Crippen LogP contribution in [0.15, 0.2) is 5.11 Å². The molecule has 1 amide bonds. The van der Waals surface area contributed by atoms with Gasteiger partial charge in [0.15, 0.2) is 0 Å². The summed E-state index contributed by atoms with van der Waals surface area (Å²) in [6, 6.07) is 0.183. The number of carbonyl (C=O) groups is 1. The van der Waals surface area contributed by atoms with Crippen LogP contribution in [0.3, 0.4) is 0 Å². The first kappa shape index (κ1) is 14.6. The van der Waals surface area contributed by atoms with Crippen molar-refractivity contribution >= 4 is 6.09 Å². The summed E-state index contributed by atoms with van der Waals surface area (Å²) in [7, 11) is 0. The predicted molar refractivity (Wildman–Crippen MR) is 69.1 cm³/mol. The Morgan fingerprint density at radius 1 is 1.39 bits per heavy atom. The molecule has 6 nitrogen and oxygen atoms in total.